The van der Waals surface area contributed by atoms with Crippen LogP contribution in [0.1, 0.15) is 54.6 Å². The van der Waals surface area contributed by atoms with Crippen molar-refractivity contribution in [1.29, 1.82) is 0 Å². The van der Waals surface area contributed by atoms with Crippen LogP contribution in [0.5, 0.6) is 0 Å². The van der Waals surface area contributed by atoms with E-state index in [4.69, 9.17) is 21.8 Å². The summed E-state index contributed by atoms with van der Waals surface area (Å²) >= 11 is 6.20. The van der Waals surface area contributed by atoms with E-state index in [9.17, 15) is 22.8 Å². The van der Waals surface area contributed by atoms with Crippen LogP contribution in [0.2, 0.25) is 0 Å². The number of furan rings is 1. The molecule has 1 atom stereocenters. The summed E-state index contributed by atoms with van der Waals surface area (Å²) in [5, 5.41) is 3.71. The van der Waals surface area contributed by atoms with Crippen molar-refractivity contribution in [3.63, 3.8) is 0 Å². The van der Waals surface area contributed by atoms with Crippen molar-refractivity contribution in [2.24, 2.45) is 0 Å². The van der Waals surface area contributed by atoms with Gasteiger partial charge in [0.1, 0.15) is 23.3 Å². The molecule has 1 aromatic carbocycles. The number of alkyl halides is 3. The molecule has 3 N–H and O–H groups in total. The van der Waals surface area contributed by atoms with Crippen LogP contribution in [0.3, 0.4) is 0 Å². The van der Waals surface area contributed by atoms with Crippen molar-refractivity contribution in [2.75, 3.05) is 18.8 Å². The number of rotatable bonds is 7. The molecule has 3 aliphatic rings. The Morgan fingerprint density at radius 1 is 1.15 bits per heavy atom. The normalized spacial score (nSPS) is 19.8. The van der Waals surface area contributed by atoms with E-state index < -0.39 is 12.1 Å². The van der Waals surface area contributed by atoms with Crippen molar-refractivity contribution < 1.29 is 27.2 Å². The zero-order valence-electron chi connectivity index (χ0n) is 24.9. The first-order chi connectivity index (χ1) is 22.0. The smallest absolute Gasteiger partial charge is 0.251 e. The van der Waals surface area contributed by atoms with Gasteiger partial charge in [-0.15, -0.1) is 0 Å². The SMILES string of the molecule is Nc1ccc(C=CC(=O)NCc2cc3cc(C4=CC=C(C(=O)N5CCC(F)(F)CC5)CC4)cc(C4=CCC(F)C(Cl)=C4)c3o2)cn1. The molecular formula is C35H32ClF3N4O3. The van der Waals surface area contributed by atoms with E-state index in [1.165, 1.54) is 11.0 Å². The second-order valence-electron chi connectivity index (χ2n) is 11.6. The summed E-state index contributed by atoms with van der Waals surface area (Å²) < 4.78 is 47.6. The maximum atomic E-state index is 14.2. The molecule has 0 saturated carbocycles. The lowest BCUT2D eigenvalue weighted by atomic mass is 9.89. The number of carbonyl (C=O) groups is 2. The molecule has 11 heteroatoms. The minimum atomic E-state index is -2.72. The highest BCUT2D eigenvalue weighted by Gasteiger charge is 2.36. The lowest BCUT2D eigenvalue weighted by Crippen LogP contribution is -2.43. The number of halogens is 4. The largest absolute Gasteiger partial charge is 0.459 e. The second-order valence-corrected chi connectivity index (χ2v) is 12.1. The fourth-order valence-corrected chi connectivity index (χ4v) is 5.95. The fraction of sp³-hybridized carbons (Fsp3) is 0.286. The molecule has 2 aromatic heterocycles. The molecule has 0 radical (unpaired) electrons. The second kappa shape index (κ2) is 13.0. The van der Waals surface area contributed by atoms with Crippen LogP contribution in [-0.2, 0) is 16.1 Å². The van der Waals surface area contributed by atoms with Crippen molar-refractivity contribution in [3.8, 4) is 0 Å². The summed E-state index contributed by atoms with van der Waals surface area (Å²) in [6, 6.07) is 9.19. The van der Waals surface area contributed by atoms with E-state index in [-0.39, 0.29) is 55.7 Å². The molecule has 2 aliphatic carbocycles. The van der Waals surface area contributed by atoms with Gasteiger partial charge in [0.25, 0.3) is 5.92 Å². The molecule has 7 nitrogen and oxygen atoms in total. The lowest BCUT2D eigenvalue weighted by Gasteiger charge is -2.32. The predicted molar refractivity (Wildman–Crippen MR) is 173 cm³/mol. The monoisotopic (exact) mass is 648 g/mol. The number of benzene rings is 1. The molecule has 0 bridgehead atoms. The van der Waals surface area contributed by atoms with Crippen LogP contribution < -0.4 is 11.1 Å². The Morgan fingerprint density at radius 2 is 1.96 bits per heavy atom. The Morgan fingerprint density at radius 3 is 2.65 bits per heavy atom. The summed E-state index contributed by atoms with van der Waals surface area (Å²) in [4.78, 5) is 31.0. The van der Waals surface area contributed by atoms with Crippen LogP contribution >= 0.6 is 11.6 Å². The first kappa shape index (κ1) is 31.4. The topological polar surface area (TPSA) is 101 Å². The van der Waals surface area contributed by atoms with Gasteiger partial charge in [-0.1, -0.05) is 29.8 Å². The molecule has 3 heterocycles. The Balaban J connectivity index is 1.24. The molecule has 2 amide bonds. The predicted octanol–water partition coefficient (Wildman–Crippen LogP) is 7.35. The first-order valence-electron chi connectivity index (χ1n) is 15.1. The van der Waals surface area contributed by atoms with Crippen molar-refractivity contribution in [1.82, 2.24) is 15.2 Å². The molecule has 1 aliphatic heterocycles. The number of nitrogens with two attached hydrogens (primary N) is 1. The van der Waals surface area contributed by atoms with E-state index in [1.807, 2.05) is 24.3 Å². The van der Waals surface area contributed by atoms with Gasteiger partial charge in [0.05, 0.1) is 11.6 Å². The van der Waals surface area contributed by atoms with Crippen LogP contribution in [0, 0.1) is 0 Å². The summed E-state index contributed by atoms with van der Waals surface area (Å²) in [6.45, 7) is 0.225. The molecule has 46 heavy (non-hydrogen) atoms. The number of fused-ring (bicyclic) bond motifs is 1. The number of anilines is 1. The van der Waals surface area contributed by atoms with Crippen molar-refractivity contribution in [3.05, 3.63) is 100.0 Å². The van der Waals surface area contributed by atoms with Gasteiger partial charge in [-0.3, -0.25) is 9.59 Å². The Kier molecular flexibility index (Phi) is 8.90. The van der Waals surface area contributed by atoms with Gasteiger partial charge in [-0.2, -0.15) is 0 Å². The third-order valence-corrected chi connectivity index (χ3v) is 8.71. The van der Waals surface area contributed by atoms with Gasteiger partial charge in [-0.05, 0) is 77.6 Å². The number of hydrogen-bond acceptors (Lipinski definition) is 5. The Labute approximate surface area is 269 Å². The number of pyridine rings is 1. The number of aromatic nitrogens is 1. The number of piperidine rings is 1. The number of hydrogen-bond donors (Lipinski definition) is 2. The molecule has 238 valence electrons. The number of allylic oxidation sites excluding steroid dienone is 7. The van der Waals surface area contributed by atoms with Crippen molar-refractivity contribution in [2.45, 2.75) is 50.7 Å². The summed E-state index contributed by atoms with van der Waals surface area (Å²) in [6.07, 6.45) is 10.9. The fourth-order valence-electron chi connectivity index (χ4n) is 5.74. The van der Waals surface area contributed by atoms with E-state index in [0.29, 0.717) is 35.6 Å². The van der Waals surface area contributed by atoms with E-state index >= 15 is 0 Å². The Hall–Kier alpha value is -4.57. The van der Waals surface area contributed by atoms with E-state index in [2.05, 4.69) is 10.3 Å². The van der Waals surface area contributed by atoms with Gasteiger partial charge in [0, 0.05) is 61.1 Å². The highest BCUT2D eigenvalue weighted by Crippen LogP contribution is 2.38. The maximum Gasteiger partial charge on any atom is 0.251 e. The zero-order valence-corrected chi connectivity index (χ0v) is 25.6. The van der Waals surface area contributed by atoms with Crippen LogP contribution in [0.25, 0.3) is 28.2 Å². The standard InChI is InChI=1S/C35H32ClF3N4O3/c36-29-18-24(7-8-30(29)37)28-17-25(22-3-5-23(6-4-22)34(45)43-13-11-35(38,39)12-14-43)15-26-16-27(46-33(26)28)20-42-32(44)10-2-21-1-9-31(40)41-19-21/h1-3,5,7,9-10,15-19,30H,4,6,8,11-14,20H2,(H2,40,41)(H,42,44). The van der Waals surface area contributed by atoms with Gasteiger partial charge in [0.15, 0.2) is 0 Å². The minimum absolute atomic E-state index is 0.0460. The average Bonchev–Trinajstić information content (AvgIpc) is 3.47. The quantitative estimate of drug-likeness (QED) is 0.261. The number of nitrogens with zero attached hydrogens (tertiary/aromatic N) is 2. The molecule has 1 saturated heterocycles. The zero-order chi connectivity index (χ0) is 32.4. The molecule has 0 spiro atoms. The molecule has 6 rings (SSSR count). The number of nitrogens with one attached hydrogen (secondary N) is 1. The van der Waals surface area contributed by atoms with Gasteiger partial charge < -0.3 is 20.4 Å². The minimum Gasteiger partial charge on any atom is -0.459 e. The summed E-state index contributed by atoms with van der Waals surface area (Å²) in [5.74, 6) is -2.32. The number of amides is 2. The third kappa shape index (κ3) is 7.12. The summed E-state index contributed by atoms with van der Waals surface area (Å²) in [7, 11) is 0. The summed E-state index contributed by atoms with van der Waals surface area (Å²) in [5.41, 5.74) is 10.8. The molecule has 1 fully saturated rings. The van der Waals surface area contributed by atoms with Gasteiger partial charge >= 0.3 is 0 Å². The number of carbonyl (C=O) groups excluding carboxylic acids is 2. The van der Waals surface area contributed by atoms with E-state index in [0.717, 1.165) is 33.2 Å². The highest BCUT2D eigenvalue weighted by molar-refractivity contribution is 6.31. The lowest BCUT2D eigenvalue weighted by molar-refractivity contribution is -0.133. The average molecular weight is 649 g/mol. The molecule has 1 unspecified atom stereocenters. The van der Waals surface area contributed by atoms with E-state index in [1.54, 1.807) is 42.6 Å². The highest BCUT2D eigenvalue weighted by atomic mass is 35.5. The maximum absolute atomic E-state index is 14.2. The van der Waals surface area contributed by atoms with Crippen molar-refractivity contribution >= 4 is 57.4 Å². The van der Waals surface area contributed by atoms with Gasteiger partial charge in [0.2, 0.25) is 11.8 Å². The van der Waals surface area contributed by atoms with Crippen LogP contribution in [0.15, 0.2) is 81.9 Å². The third-order valence-electron chi connectivity index (χ3n) is 8.37. The van der Waals surface area contributed by atoms with Crippen LogP contribution in [-0.4, -0.2) is 46.9 Å². The number of nitrogen functional groups attached to an aromatic ring is 1. The Bertz CT molecular complexity index is 1830. The van der Waals surface area contributed by atoms with Crippen LogP contribution in [0.4, 0.5) is 19.0 Å². The molecule has 3 aromatic rings. The van der Waals surface area contributed by atoms with Gasteiger partial charge in [-0.25, -0.2) is 18.2 Å². The molecular weight excluding hydrogens is 617 g/mol. The number of likely N-dealkylation sites (tertiary alicyclic amines) is 1. The first-order valence-corrected chi connectivity index (χ1v) is 15.5.